The number of hydrogen-bond donors (Lipinski definition) is 1. The van der Waals surface area contributed by atoms with Crippen molar-refractivity contribution in [2.45, 2.75) is 18.9 Å². The molecule has 0 saturated heterocycles. The highest BCUT2D eigenvalue weighted by atomic mass is 35.5. The summed E-state index contributed by atoms with van der Waals surface area (Å²) in [6.07, 6.45) is 5.48. The van der Waals surface area contributed by atoms with Crippen LogP contribution in [-0.4, -0.2) is 32.9 Å². The van der Waals surface area contributed by atoms with Crippen molar-refractivity contribution in [3.63, 3.8) is 0 Å². The van der Waals surface area contributed by atoms with E-state index in [1.54, 1.807) is 27.5 Å². The lowest BCUT2D eigenvalue weighted by Crippen LogP contribution is -2.31. The normalized spacial score (nSPS) is 15.0. The van der Waals surface area contributed by atoms with Crippen molar-refractivity contribution in [3.05, 3.63) is 71.5 Å². The first-order valence-corrected chi connectivity index (χ1v) is 9.79. The Hall–Kier alpha value is -2.76. The van der Waals surface area contributed by atoms with E-state index in [1.807, 2.05) is 12.3 Å². The summed E-state index contributed by atoms with van der Waals surface area (Å²) in [4.78, 5) is 4.23. The molecule has 0 radical (unpaired) electrons. The van der Waals surface area contributed by atoms with E-state index in [9.17, 15) is 0 Å². The number of rotatable bonds is 6. The SMILES string of the molecule is COc1cc2c(cc1OC)C(Cc1ccc(-c3cnccc3OC)cc1)NCC2.Cl. The molecule has 2 aromatic carbocycles. The molecule has 0 fully saturated rings. The van der Waals surface area contributed by atoms with Crippen molar-refractivity contribution in [3.8, 4) is 28.4 Å². The smallest absolute Gasteiger partial charge is 0.161 e. The monoisotopic (exact) mass is 426 g/mol. The quantitative estimate of drug-likeness (QED) is 0.623. The molecular formula is C24H27ClN2O3. The van der Waals surface area contributed by atoms with Gasteiger partial charge in [0.15, 0.2) is 11.5 Å². The zero-order chi connectivity index (χ0) is 20.2. The van der Waals surface area contributed by atoms with Gasteiger partial charge < -0.3 is 19.5 Å². The van der Waals surface area contributed by atoms with Gasteiger partial charge in [0.2, 0.25) is 0 Å². The first-order valence-electron chi connectivity index (χ1n) is 9.79. The number of halogens is 1. The lowest BCUT2D eigenvalue weighted by Gasteiger charge is -2.28. The molecular weight excluding hydrogens is 400 g/mol. The second kappa shape index (κ2) is 9.83. The molecule has 0 bridgehead atoms. The average molecular weight is 427 g/mol. The van der Waals surface area contributed by atoms with Crippen molar-refractivity contribution in [2.75, 3.05) is 27.9 Å². The van der Waals surface area contributed by atoms with Crippen LogP contribution in [0.2, 0.25) is 0 Å². The molecule has 30 heavy (non-hydrogen) atoms. The second-order valence-electron chi connectivity index (χ2n) is 7.14. The van der Waals surface area contributed by atoms with Crippen LogP contribution in [0.25, 0.3) is 11.1 Å². The molecule has 158 valence electrons. The summed E-state index contributed by atoms with van der Waals surface area (Å²) in [5.41, 5.74) is 5.98. The Labute approximate surface area is 183 Å². The van der Waals surface area contributed by atoms with Crippen LogP contribution in [0.5, 0.6) is 17.2 Å². The summed E-state index contributed by atoms with van der Waals surface area (Å²) in [6, 6.07) is 15.0. The number of nitrogens with one attached hydrogen (secondary N) is 1. The zero-order valence-electron chi connectivity index (χ0n) is 17.5. The molecule has 5 nitrogen and oxygen atoms in total. The van der Waals surface area contributed by atoms with Crippen LogP contribution >= 0.6 is 12.4 Å². The Kier molecular flexibility index (Phi) is 7.19. The lowest BCUT2D eigenvalue weighted by molar-refractivity contribution is 0.352. The van der Waals surface area contributed by atoms with Crippen molar-refractivity contribution >= 4 is 12.4 Å². The second-order valence-corrected chi connectivity index (χ2v) is 7.14. The number of ether oxygens (including phenoxy) is 3. The number of aromatic nitrogens is 1. The Morgan fingerprint density at radius 2 is 1.63 bits per heavy atom. The summed E-state index contributed by atoms with van der Waals surface area (Å²) in [5, 5.41) is 3.65. The van der Waals surface area contributed by atoms with E-state index in [4.69, 9.17) is 14.2 Å². The highest BCUT2D eigenvalue weighted by molar-refractivity contribution is 5.85. The van der Waals surface area contributed by atoms with Crippen LogP contribution in [0.15, 0.2) is 54.9 Å². The van der Waals surface area contributed by atoms with Crippen molar-refractivity contribution < 1.29 is 14.2 Å². The maximum absolute atomic E-state index is 5.52. The molecule has 0 saturated carbocycles. The van der Waals surface area contributed by atoms with Crippen LogP contribution in [0.1, 0.15) is 22.7 Å². The van der Waals surface area contributed by atoms with E-state index < -0.39 is 0 Å². The fourth-order valence-corrected chi connectivity index (χ4v) is 3.98. The molecule has 3 aromatic rings. The number of nitrogens with zero attached hydrogens (tertiary/aromatic N) is 1. The predicted molar refractivity (Wildman–Crippen MR) is 121 cm³/mol. The van der Waals surface area contributed by atoms with E-state index in [0.29, 0.717) is 0 Å². The molecule has 1 aliphatic heterocycles. The number of methoxy groups -OCH3 is 3. The van der Waals surface area contributed by atoms with E-state index in [1.165, 1.54) is 16.7 Å². The highest BCUT2D eigenvalue weighted by Gasteiger charge is 2.23. The number of pyridine rings is 1. The molecule has 6 heteroatoms. The molecule has 1 atom stereocenters. The fraction of sp³-hybridized carbons (Fsp3) is 0.292. The Morgan fingerprint density at radius 3 is 2.33 bits per heavy atom. The van der Waals surface area contributed by atoms with E-state index in [2.05, 4.69) is 46.7 Å². The van der Waals surface area contributed by atoms with Gasteiger partial charge in [-0.15, -0.1) is 12.4 Å². The third-order valence-corrected chi connectivity index (χ3v) is 5.51. The van der Waals surface area contributed by atoms with Crippen LogP contribution in [0, 0.1) is 0 Å². The maximum Gasteiger partial charge on any atom is 0.161 e. The molecule has 0 aliphatic carbocycles. The maximum atomic E-state index is 5.52. The van der Waals surface area contributed by atoms with Crippen molar-refractivity contribution in [1.29, 1.82) is 0 Å². The highest BCUT2D eigenvalue weighted by Crippen LogP contribution is 2.36. The average Bonchev–Trinajstić information content (AvgIpc) is 2.79. The standard InChI is InChI=1S/C24H26N2O3.ClH/c1-27-22-9-10-25-15-20(22)17-6-4-16(5-7-17)12-21-19-14-24(29-3)23(28-2)13-18(19)8-11-26-21;/h4-7,9-10,13-15,21,26H,8,11-12H2,1-3H3;1H. The molecule has 0 spiro atoms. The summed E-state index contributed by atoms with van der Waals surface area (Å²) in [5.74, 6) is 2.40. The molecule has 2 heterocycles. The summed E-state index contributed by atoms with van der Waals surface area (Å²) in [6.45, 7) is 0.956. The molecule has 1 aliphatic rings. The lowest BCUT2D eigenvalue weighted by atomic mass is 9.89. The summed E-state index contributed by atoms with van der Waals surface area (Å²) >= 11 is 0. The van der Waals surface area contributed by atoms with Gasteiger partial charge >= 0.3 is 0 Å². The molecule has 1 aromatic heterocycles. The van der Waals surface area contributed by atoms with Gasteiger partial charge in [0.05, 0.1) is 21.3 Å². The van der Waals surface area contributed by atoms with Gasteiger partial charge in [0.25, 0.3) is 0 Å². The van der Waals surface area contributed by atoms with Crippen LogP contribution in [-0.2, 0) is 12.8 Å². The van der Waals surface area contributed by atoms with E-state index in [0.717, 1.165) is 47.8 Å². The minimum Gasteiger partial charge on any atom is -0.496 e. The Balaban J connectivity index is 0.00000256. The van der Waals surface area contributed by atoms with Gasteiger partial charge in [-0.1, -0.05) is 24.3 Å². The molecule has 1 unspecified atom stereocenters. The first kappa shape index (κ1) is 21.9. The number of hydrogen-bond acceptors (Lipinski definition) is 5. The number of benzene rings is 2. The summed E-state index contributed by atoms with van der Waals surface area (Å²) < 4.78 is 16.4. The first-order chi connectivity index (χ1) is 14.2. The van der Waals surface area contributed by atoms with Gasteiger partial charge in [0.1, 0.15) is 5.75 Å². The molecule has 4 rings (SSSR count). The summed E-state index contributed by atoms with van der Waals surface area (Å²) in [7, 11) is 5.05. The molecule has 1 N–H and O–H groups in total. The van der Waals surface area contributed by atoms with E-state index in [-0.39, 0.29) is 18.4 Å². The minimum absolute atomic E-state index is 0. The predicted octanol–water partition coefficient (Wildman–Crippen LogP) is 4.63. The van der Waals surface area contributed by atoms with Gasteiger partial charge in [-0.3, -0.25) is 4.98 Å². The van der Waals surface area contributed by atoms with Crippen LogP contribution in [0.3, 0.4) is 0 Å². The largest absolute Gasteiger partial charge is 0.496 e. The molecule has 0 amide bonds. The van der Waals surface area contributed by atoms with Crippen LogP contribution < -0.4 is 19.5 Å². The zero-order valence-corrected chi connectivity index (χ0v) is 18.3. The third-order valence-electron chi connectivity index (χ3n) is 5.51. The van der Waals surface area contributed by atoms with Gasteiger partial charge in [0, 0.05) is 24.0 Å². The van der Waals surface area contributed by atoms with Crippen molar-refractivity contribution in [1.82, 2.24) is 10.3 Å². The van der Waals surface area contributed by atoms with Crippen molar-refractivity contribution in [2.24, 2.45) is 0 Å². The Morgan fingerprint density at radius 1 is 0.933 bits per heavy atom. The Bertz CT molecular complexity index is 992. The van der Waals surface area contributed by atoms with Gasteiger partial charge in [-0.2, -0.15) is 0 Å². The van der Waals surface area contributed by atoms with Gasteiger partial charge in [-0.05, 0) is 59.8 Å². The minimum atomic E-state index is 0. The number of fused-ring (bicyclic) bond motifs is 1. The fourth-order valence-electron chi connectivity index (χ4n) is 3.98. The van der Waals surface area contributed by atoms with Gasteiger partial charge in [-0.25, -0.2) is 0 Å². The van der Waals surface area contributed by atoms with Crippen LogP contribution in [0.4, 0.5) is 0 Å². The third kappa shape index (κ3) is 4.37. The topological polar surface area (TPSA) is 52.6 Å². The van der Waals surface area contributed by atoms with E-state index >= 15 is 0 Å².